The molecule has 1 unspecified atom stereocenters. The van der Waals surface area contributed by atoms with Crippen molar-refractivity contribution in [2.75, 3.05) is 40.5 Å². The topological polar surface area (TPSA) is 140 Å². The number of aliphatic hydroxyl groups excluding tert-OH is 1. The van der Waals surface area contributed by atoms with Gasteiger partial charge in [0, 0.05) is 43.3 Å². The van der Waals surface area contributed by atoms with Crippen LogP contribution in [0.2, 0.25) is 0 Å². The minimum Gasteiger partial charge on any atom is -0.491 e. The van der Waals surface area contributed by atoms with E-state index in [0.717, 1.165) is 37.1 Å². The van der Waals surface area contributed by atoms with Gasteiger partial charge in [-0.1, -0.05) is 46.6 Å². The van der Waals surface area contributed by atoms with Crippen molar-refractivity contribution in [3.63, 3.8) is 0 Å². The maximum atomic E-state index is 11.6. The molecule has 0 spiro atoms. The Morgan fingerprint density at radius 2 is 1.86 bits per heavy atom. The van der Waals surface area contributed by atoms with Gasteiger partial charge in [0.2, 0.25) is 5.91 Å². The van der Waals surface area contributed by atoms with Crippen LogP contribution in [0, 0.1) is 17.8 Å². The summed E-state index contributed by atoms with van der Waals surface area (Å²) in [6, 6.07) is 5.97. The zero-order chi connectivity index (χ0) is 29.1. The average Bonchev–Trinajstić information content (AvgIpc) is 3.58. The first kappa shape index (κ1) is 36.7. The van der Waals surface area contributed by atoms with E-state index in [1.165, 1.54) is 5.56 Å². The van der Waals surface area contributed by atoms with Gasteiger partial charge >= 0.3 is 0 Å². The maximum absolute atomic E-state index is 11.6. The number of carbonyl (C=O) groups is 2. The number of terminal acetylenes is 1. The molecular formula is C28H50N4O5. The first-order chi connectivity index (χ1) is 17.6. The summed E-state index contributed by atoms with van der Waals surface area (Å²) in [4.78, 5) is 21.4. The molecule has 9 nitrogen and oxygen atoms in total. The van der Waals surface area contributed by atoms with Crippen LogP contribution >= 0.6 is 0 Å². The van der Waals surface area contributed by atoms with Crippen LogP contribution in [0.25, 0.3) is 0 Å². The standard InChI is InChI=1S/C15H19NO2.C10H19NO2.C2H6.CH2O.H4N2/c1-4-12-5-6-13(15(16-2)7-8-15)14(11-12)18-10-9-17-3;1-10(2,3)6-9(13)11-5-4-8(12)7-11;3*1-2/h1,5-6,11,16H,7-10H2,2-3H3;8,12H,4-7H2,1-3H3;1-2H3;1H2;1-2H2. The Morgan fingerprint density at radius 3 is 2.27 bits per heavy atom. The van der Waals surface area contributed by atoms with Gasteiger partial charge in [-0.25, -0.2) is 0 Å². The number of nitrogens with two attached hydrogens (primary N) is 2. The highest BCUT2D eigenvalue weighted by Crippen LogP contribution is 2.48. The molecule has 1 heterocycles. The lowest BCUT2D eigenvalue weighted by Crippen LogP contribution is -2.32. The summed E-state index contributed by atoms with van der Waals surface area (Å²) >= 11 is 0. The van der Waals surface area contributed by atoms with Gasteiger partial charge in [0.05, 0.1) is 12.7 Å². The van der Waals surface area contributed by atoms with E-state index in [9.17, 15) is 9.90 Å². The highest BCUT2D eigenvalue weighted by molar-refractivity contribution is 5.77. The van der Waals surface area contributed by atoms with Crippen LogP contribution in [-0.4, -0.2) is 69.3 Å². The Kier molecular flexibility index (Phi) is 19.4. The van der Waals surface area contributed by atoms with Crippen LogP contribution in [0.15, 0.2) is 18.2 Å². The molecule has 212 valence electrons. The Morgan fingerprint density at radius 1 is 1.27 bits per heavy atom. The number of β-amino-alcohol motifs (C(OH)–C–C–N with tert-alkyl or cyclic N) is 1. The molecule has 0 aromatic heterocycles. The smallest absolute Gasteiger partial charge is 0.223 e. The Bertz CT molecular complexity index is 801. The summed E-state index contributed by atoms with van der Waals surface area (Å²) in [6.45, 7) is 14.5. The van der Waals surface area contributed by atoms with Crippen LogP contribution in [0.3, 0.4) is 0 Å². The third-order valence-corrected chi connectivity index (χ3v) is 5.64. The second-order valence-electron chi connectivity index (χ2n) is 9.55. The zero-order valence-electron chi connectivity index (χ0n) is 23.9. The molecule has 37 heavy (non-hydrogen) atoms. The van der Waals surface area contributed by atoms with E-state index < -0.39 is 0 Å². The number of rotatable bonds is 7. The summed E-state index contributed by atoms with van der Waals surface area (Å²) in [5.41, 5.74) is 2.17. The van der Waals surface area contributed by atoms with Crippen molar-refractivity contribution in [1.82, 2.24) is 10.2 Å². The number of nitrogens with zero attached hydrogens (tertiary/aromatic N) is 1. The van der Waals surface area contributed by atoms with Crippen LogP contribution in [0.1, 0.15) is 71.4 Å². The molecule has 1 aliphatic carbocycles. The first-order valence-electron chi connectivity index (χ1n) is 12.6. The number of amides is 1. The summed E-state index contributed by atoms with van der Waals surface area (Å²) < 4.78 is 10.8. The van der Waals surface area contributed by atoms with Crippen LogP contribution < -0.4 is 21.7 Å². The number of carbonyl (C=O) groups excluding carboxylic acids is 2. The van der Waals surface area contributed by atoms with Gasteiger partial charge < -0.3 is 29.6 Å². The molecule has 1 saturated carbocycles. The van der Waals surface area contributed by atoms with Gasteiger partial charge in [-0.15, -0.1) is 6.42 Å². The fourth-order valence-electron chi connectivity index (χ4n) is 3.67. The summed E-state index contributed by atoms with van der Waals surface area (Å²) in [7, 11) is 3.65. The second kappa shape index (κ2) is 19.6. The number of methoxy groups -OCH3 is 1. The lowest BCUT2D eigenvalue weighted by molar-refractivity contribution is -0.132. The average molecular weight is 523 g/mol. The third-order valence-electron chi connectivity index (χ3n) is 5.64. The number of hydrogen-bond donors (Lipinski definition) is 4. The molecule has 1 atom stereocenters. The fraction of sp³-hybridized carbons (Fsp3) is 0.643. The first-order valence-corrected chi connectivity index (χ1v) is 12.6. The minimum atomic E-state index is -0.302. The molecule has 1 aromatic carbocycles. The Labute approximate surface area is 224 Å². The number of hydrogen-bond acceptors (Lipinski definition) is 8. The van der Waals surface area contributed by atoms with Gasteiger partial charge in [0.15, 0.2) is 0 Å². The predicted octanol–water partition coefficient (Wildman–Crippen LogP) is 2.58. The summed E-state index contributed by atoms with van der Waals surface area (Å²) in [5.74, 6) is 11.7. The molecule has 3 rings (SSSR count). The van der Waals surface area contributed by atoms with E-state index in [4.69, 9.17) is 20.7 Å². The second-order valence-corrected chi connectivity index (χ2v) is 9.55. The van der Waals surface area contributed by atoms with Crippen LogP contribution in [-0.2, 0) is 19.9 Å². The molecule has 2 fully saturated rings. The quantitative estimate of drug-likeness (QED) is 0.185. The van der Waals surface area contributed by atoms with Gasteiger partial charge in [0.1, 0.15) is 19.1 Å². The number of benzene rings is 1. The van der Waals surface area contributed by atoms with Gasteiger partial charge in [-0.2, -0.15) is 0 Å². The van der Waals surface area contributed by atoms with Gasteiger partial charge in [0.25, 0.3) is 0 Å². The number of hydrazine groups is 1. The van der Waals surface area contributed by atoms with E-state index in [1.54, 1.807) is 12.0 Å². The lowest BCUT2D eigenvalue weighted by atomic mass is 9.92. The largest absolute Gasteiger partial charge is 0.491 e. The SMILES string of the molecule is C#Cc1ccc(C2(NC)CC2)c(OCCOC)c1.C=O.CC.CC(C)(C)CC(=O)N1CCC(O)C1.NN. The van der Waals surface area contributed by atoms with E-state index in [1.807, 2.05) is 39.8 Å². The van der Waals surface area contributed by atoms with E-state index in [-0.39, 0.29) is 23.0 Å². The van der Waals surface area contributed by atoms with Crippen LogP contribution in [0.5, 0.6) is 5.75 Å². The number of nitrogens with one attached hydrogen (secondary N) is 1. The molecular weight excluding hydrogens is 472 g/mol. The van der Waals surface area contributed by atoms with E-state index >= 15 is 0 Å². The van der Waals surface area contributed by atoms with E-state index in [0.29, 0.717) is 26.2 Å². The molecule has 6 N–H and O–H groups in total. The molecule has 0 bridgehead atoms. The van der Waals surface area contributed by atoms with Crippen molar-refractivity contribution in [2.45, 2.75) is 71.9 Å². The number of likely N-dealkylation sites (tertiary alicyclic amines) is 1. The predicted molar refractivity (Wildman–Crippen MR) is 150 cm³/mol. The van der Waals surface area contributed by atoms with Gasteiger partial charge in [-0.05, 0) is 43.9 Å². The zero-order valence-corrected chi connectivity index (χ0v) is 23.9. The van der Waals surface area contributed by atoms with E-state index in [2.05, 4.69) is 49.8 Å². The number of aliphatic hydroxyl groups is 1. The third kappa shape index (κ3) is 13.6. The molecule has 1 saturated heterocycles. The van der Waals surface area contributed by atoms with Crippen molar-refractivity contribution in [2.24, 2.45) is 17.1 Å². The highest BCUT2D eigenvalue weighted by atomic mass is 16.5. The molecule has 2 aliphatic rings. The molecule has 9 heteroatoms. The Hall–Kier alpha value is -2.48. The molecule has 1 aliphatic heterocycles. The van der Waals surface area contributed by atoms with Gasteiger partial charge in [-0.3, -0.25) is 16.5 Å². The monoisotopic (exact) mass is 522 g/mol. The lowest BCUT2D eigenvalue weighted by Gasteiger charge is -2.22. The van der Waals surface area contributed by atoms with Crippen molar-refractivity contribution in [1.29, 1.82) is 0 Å². The maximum Gasteiger partial charge on any atom is 0.223 e. The summed E-state index contributed by atoms with van der Waals surface area (Å²) in [5, 5.41) is 12.6. The van der Waals surface area contributed by atoms with Crippen molar-refractivity contribution in [3.8, 4) is 18.1 Å². The van der Waals surface area contributed by atoms with Crippen molar-refractivity contribution in [3.05, 3.63) is 29.3 Å². The Balaban J connectivity index is 0. The van der Waals surface area contributed by atoms with Crippen molar-refractivity contribution < 1.29 is 24.2 Å². The summed E-state index contributed by atoms with van der Waals surface area (Å²) in [6.07, 6.45) is 8.71. The van der Waals surface area contributed by atoms with Crippen LogP contribution in [0.4, 0.5) is 0 Å². The normalized spacial score (nSPS) is 16.6. The fourth-order valence-corrected chi connectivity index (χ4v) is 3.67. The number of ether oxygens (including phenoxy) is 2. The molecule has 1 amide bonds. The minimum absolute atomic E-state index is 0.0463. The molecule has 1 aromatic rings. The van der Waals surface area contributed by atoms with Crippen molar-refractivity contribution >= 4 is 12.7 Å². The highest BCUT2D eigenvalue weighted by Gasteiger charge is 2.44. The molecule has 0 radical (unpaired) electrons.